The molecule has 0 saturated carbocycles. The molecule has 0 aromatic rings. The van der Waals surface area contributed by atoms with Crippen molar-refractivity contribution in [2.24, 2.45) is 5.92 Å². The van der Waals surface area contributed by atoms with E-state index in [1.54, 1.807) is 7.11 Å². The Bertz CT molecular complexity index is 130. The topological polar surface area (TPSA) is 21.3 Å². The van der Waals surface area contributed by atoms with Gasteiger partial charge < -0.3 is 10.1 Å². The van der Waals surface area contributed by atoms with Crippen molar-refractivity contribution in [3.8, 4) is 0 Å². The second-order valence-corrected chi connectivity index (χ2v) is 4.34. The predicted molar refractivity (Wildman–Crippen MR) is 58.0 cm³/mol. The third-order valence-corrected chi connectivity index (χ3v) is 2.96. The average Bonchev–Trinajstić information content (AvgIpc) is 2.12. The minimum absolute atomic E-state index is 0.0287. The van der Waals surface area contributed by atoms with E-state index in [9.17, 15) is 0 Å². The standard InChI is InChI=1S/C11H25NO/c1-7-11(4,13-6)10(12-5)8-9(2)3/h9-10,12H,7-8H2,1-6H3. The number of rotatable bonds is 6. The van der Waals surface area contributed by atoms with Crippen LogP contribution in [0.1, 0.15) is 40.5 Å². The number of likely N-dealkylation sites (N-methyl/N-ethyl adjacent to an activating group) is 1. The van der Waals surface area contributed by atoms with Gasteiger partial charge in [0.25, 0.3) is 0 Å². The molecule has 2 unspecified atom stereocenters. The molecule has 1 N–H and O–H groups in total. The first-order valence-corrected chi connectivity index (χ1v) is 5.22. The Labute approximate surface area is 83.1 Å². The minimum Gasteiger partial charge on any atom is -0.377 e. The van der Waals surface area contributed by atoms with E-state index in [0.717, 1.165) is 12.8 Å². The summed E-state index contributed by atoms with van der Waals surface area (Å²) in [5, 5.41) is 3.35. The van der Waals surface area contributed by atoms with E-state index in [-0.39, 0.29) is 5.60 Å². The number of nitrogens with one attached hydrogen (secondary N) is 1. The predicted octanol–water partition coefficient (Wildman–Crippen LogP) is 2.44. The fraction of sp³-hybridized carbons (Fsp3) is 1.00. The smallest absolute Gasteiger partial charge is 0.0800 e. The summed E-state index contributed by atoms with van der Waals surface area (Å²) in [6.45, 7) is 8.84. The Balaban J connectivity index is 4.34. The van der Waals surface area contributed by atoms with Gasteiger partial charge in [0.15, 0.2) is 0 Å². The molecule has 0 aliphatic heterocycles. The van der Waals surface area contributed by atoms with Gasteiger partial charge in [-0.15, -0.1) is 0 Å². The monoisotopic (exact) mass is 187 g/mol. The molecule has 0 aliphatic rings. The molecule has 0 fully saturated rings. The molecule has 0 saturated heterocycles. The molecule has 80 valence electrons. The highest BCUT2D eigenvalue weighted by Crippen LogP contribution is 2.23. The van der Waals surface area contributed by atoms with Gasteiger partial charge in [0.1, 0.15) is 0 Å². The highest BCUT2D eigenvalue weighted by Gasteiger charge is 2.31. The van der Waals surface area contributed by atoms with Gasteiger partial charge in [-0.05, 0) is 32.7 Å². The second-order valence-electron chi connectivity index (χ2n) is 4.34. The summed E-state index contributed by atoms with van der Waals surface area (Å²) in [5.74, 6) is 0.707. The summed E-state index contributed by atoms with van der Waals surface area (Å²) >= 11 is 0. The van der Waals surface area contributed by atoms with Gasteiger partial charge in [-0.1, -0.05) is 20.8 Å². The van der Waals surface area contributed by atoms with Crippen molar-refractivity contribution in [2.75, 3.05) is 14.2 Å². The van der Waals surface area contributed by atoms with Gasteiger partial charge >= 0.3 is 0 Å². The van der Waals surface area contributed by atoms with Crippen LogP contribution in [0.4, 0.5) is 0 Å². The molecule has 2 atom stereocenters. The van der Waals surface area contributed by atoms with E-state index in [1.807, 2.05) is 7.05 Å². The SMILES string of the molecule is CCC(C)(OC)C(CC(C)C)NC. The zero-order valence-electron chi connectivity index (χ0n) is 9.98. The van der Waals surface area contributed by atoms with Gasteiger partial charge in [0.05, 0.1) is 5.60 Å². The maximum Gasteiger partial charge on any atom is 0.0800 e. The fourth-order valence-electron chi connectivity index (χ4n) is 1.68. The van der Waals surface area contributed by atoms with Crippen LogP contribution in [0.25, 0.3) is 0 Å². The zero-order chi connectivity index (χ0) is 10.5. The van der Waals surface area contributed by atoms with Crippen LogP contribution in [0.5, 0.6) is 0 Å². The molecule has 0 aromatic carbocycles. The summed E-state index contributed by atoms with van der Waals surface area (Å²) in [6, 6.07) is 0.447. The van der Waals surface area contributed by atoms with Gasteiger partial charge in [-0.25, -0.2) is 0 Å². The molecule has 0 rings (SSSR count). The maximum absolute atomic E-state index is 5.58. The van der Waals surface area contributed by atoms with Gasteiger partial charge in [0, 0.05) is 13.2 Å². The number of hydrogen-bond donors (Lipinski definition) is 1. The number of methoxy groups -OCH3 is 1. The summed E-state index contributed by atoms with van der Waals surface area (Å²) in [7, 11) is 3.81. The Morgan fingerprint density at radius 2 is 1.92 bits per heavy atom. The molecule has 0 heterocycles. The molecule has 0 spiro atoms. The molecular formula is C11H25NO. The molecule has 0 aromatic heterocycles. The number of ether oxygens (including phenoxy) is 1. The maximum atomic E-state index is 5.58. The van der Waals surface area contributed by atoms with E-state index in [4.69, 9.17) is 4.74 Å². The summed E-state index contributed by atoms with van der Waals surface area (Å²) in [6.07, 6.45) is 2.20. The Morgan fingerprint density at radius 1 is 1.38 bits per heavy atom. The molecule has 13 heavy (non-hydrogen) atoms. The molecule has 0 amide bonds. The fourth-order valence-corrected chi connectivity index (χ4v) is 1.68. The highest BCUT2D eigenvalue weighted by atomic mass is 16.5. The van der Waals surface area contributed by atoms with E-state index in [2.05, 4.69) is 33.0 Å². The lowest BCUT2D eigenvalue weighted by Gasteiger charge is -2.36. The molecule has 0 aliphatic carbocycles. The van der Waals surface area contributed by atoms with Crippen LogP contribution in [0.15, 0.2) is 0 Å². The highest BCUT2D eigenvalue weighted by molar-refractivity contribution is 4.87. The molecule has 0 radical (unpaired) electrons. The van der Waals surface area contributed by atoms with Crippen molar-refractivity contribution in [3.63, 3.8) is 0 Å². The number of hydrogen-bond acceptors (Lipinski definition) is 2. The van der Waals surface area contributed by atoms with Crippen LogP contribution in [-0.2, 0) is 4.74 Å². The van der Waals surface area contributed by atoms with Crippen molar-refractivity contribution in [1.29, 1.82) is 0 Å². The summed E-state index contributed by atoms with van der Waals surface area (Å²) < 4.78 is 5.58. The Kier molecular flexibility index (Phi) is 5.57. The van der Waals surface area contributed by atoms with Crippen LogP contribution >= 0.6 is 0 Å². The first-order valence-electron chi connectivity index (χ1n) is 5.22. The summed E-state index contributed by atoms with van der Waals surface area (Å²) in [5.41, 5.74) is -0.0287. The van der Waals surface area contributed by atoms with E-state index in [0.29, 0.717) is 12.0 Å². The second kappa shape index (κ2) is 5.61. The van der Waals surface area contributed by atoms with Crippen LogP contribution in [0, 0.1) is 5.92 Å². The van der Waals surface area contributed by atoms with Crippen LogP contribution in [-0.4, -0.2) is 25.8 Å². The normalized spacial score (nSPS) is 18.7. The first-order chi connectivity index (χ1) is 6.00. The lowest BCUT2D eigenvalue weighted by Crippen LogP contribution is -2.49. The zero-order valence-corrected chi connectivity index (χ0v) is 9.98. The van der Waals surface area contributed by atoms with Gasteiger partial charge in [-0.3, -0.25) is 0 Å². The third kappa shape index (κ3) is 3.65. The largest absolute Gasteiger partial charge is 0.377 e. The molecule has 0 bridgehead atoms. The Hall–Kier alpha value is -0.0800. The van der Waals surface area contributed by atoms with Gasteiger partial charge in [-0.2, -0.15) is 0 Å². The van der Waals surface area contributed by atoms with Crippen molar-refractivity contribution < 1.29 is 4.74 Å². The van der Waals surface area contributed by atoms with E-state index in [1.165, 1.54) is 0 Å². The average molecular weight is 187 g/mol. The van der Waals surface area contributed by atoms with Crippen molar-refractivity contribution in [3.05, 3.63) is 0 Å². The van der Waals surface area contributed by atoms with Crippen molar-refractivity contribution in [2.45, 2.75) is 52.2 Å². The van der Waals surface area contributed by atoms with Gasteiger partial charge in [0.2, 0.25) is 0 Å². The quantitative estimate of drug-likeness (QED) is 0.689. The van der Waals surface area contributed by atoms with E-state index >= 15 is 0 Å². The third-order valence-electron chi connectivity index (χ3n) is 2.96. The van der Waals surface area contributed by atoms with Crippen LogP contribution in [0.2, 0.25) is 0 Å². The molecule has 2 nitrogen and oxygen atoms in total. The van der Waals surface area contributed by atoms with E-state index < -0.39 is 0 Å². The van der Waals surface area contributed by atoms with Crippen molar-refractivity contribution in [1.82, 2.24) is 5.32 Å². The molecule has 2 heteroatoms. The minimum atomic E-state index is -0.0287. The molecular weight excluding hydrogens is 162 g/mol. The van der Waals surface area contributed by atoms with Crippen LogP contribution in [0.3, 0.4) is 0 Å². The summed E-state index contributed by atoms with van der Waals surface area (Å²) in [4.78, 5) is 0. The van der Waals surface area contributed by atoms with Crippen LogP contribution < -0.4 is 5.32 Å². The lowest BCUT2D eigenvalue weighted by molar-refractivity contribution is -0.0320. The van der Waals surface area contributed by atoms with Crippen molar-refractivity contribution >= 4 is 0 Å². The Morgan fingerprint density at radius 3 is 2.15 bits per heavy atom. The lowest BCUT2D eigenvalue weighted by atomic mass is 9.87. The first kappa shape index (κ1) is 12.9.